The standard InChI is InChI=1S/C20H35N5O/c1-5-21-20(22-15-17(2)25-11-13-26-14-12-25)23-16-19(24(3)4)18-9-7-6-8-10-18/h6-10,17,19H,5,11-16H2,1-4H3,(H2,21,22,23). The van der Waals surface area contributed by atoms with E-state index in [0.29, 0.717) is 12.1 Å². The Hall–Kier alpha value is -1.63. The van der Waals surface area contributed by atoms with Crippen LogP contribution in [0.2, 0.25) is 0 Å². The van der Waals surface area contributed by atoms with Gasteiger partial charge in [0.15, 0.2) is 5.96 Å². The monoisotopic (exact) mass is 361 g/mol. The van der Waals surface area contributed by atoms with Crippen molar-refractivity contribution in [2.45, 2.75) is 25.9 Å². The summed E-state index contributed by atoms with van der Waals surface area (Å²) in [4.78, 5) is 9.49. The number of nitrogens with zero attached hydrogens (tertiary/aromatic N) is 3. The van der Waals surface area contributed by atoms with Crippen molar-refractivity contribution in [1.82, 2.24) is 20.4 Å². The Balaban J connectivity index is 1.93. The van der Waals surface area contributed by atoms with Gasteiger partial charge in [-0.3, -0.25) is 9.89 Å². The number of nitrogens with one attached hydrogen (secondary N) is 2. The SMILES string of the molecule is CCNC(=NCC(C)N1CCOCC1)NCC(c1ccccc1)N(C)C. The fraction of sp³-hybridized carbons (Fsp3) is 0.650. The van der Waals surface area contributed by atoms with Gasteiger partial charge in [0.05, 0.1) is 25.8 Å². The fourth-order valence-corrected chi connectivity index (χ4v) is 3.17. The third-order valence-corrected chi connectivity index (χ3v) is 4.80. The number of hydrogen-bond acceptors (Lipinski definition) is 4. The Bertz CT molecular complexity index is 528. The maximum Gasteiger partial charge on any atom is 0.191 e. The van der Waals surface area contributed by atoms with Crippen molar-refractivity contribution in [3.8, 4) is 0 Å². The van der Waals surface area contributed by atoms with Gasteiger partial charge in [0.25, 0.3) is 0 Å². The number of guanidine groups is 1. The first-order valence-electron chi connectivity index (χ1n) is 9.67. The average molecular weight is 362 g/mol. The quantitative estimate of drug-likeness (QED) is 0.544. The first-order valence-corrected chi connectivity index (χ1v) is 9.67. The summed E-state index contributed by atoms with van der Waals surface area (Å²) in [7, 11) is 4.23. The van der Waals surface area contributed by atoms with Gasteiger partial charge in [0.1, 0.15) is 0 Å². The number of ether oxygens (including phenoxy) is 1. The van der Waals surface area contributed by atoms with Crippen molar-refractivity contribution in [3.05, 3.63) is 35.9 Å². The van der Waals surface area contributed by atoms with Crippen molar-refractivity contribution in [2.75, 3.05) is 60.0 Å². The molecular formula is C20H35N5O. The van der Waals surface area contributed by atoms with Gasteiger partial charge in [-0.05, 0) is 33.5 Å². The molecular weight excluding hydrogens is 326 g/mol. The van der Waals surface area contributed by atoms with Crippen molar-refractivity contribution in [1.29, 1.82) is 0 Å². The lowest BCUT2D eigenvalue weighted by atomic mass is 10.1. The third kappa shape index (κ3) is 6.59. The minimum absolute atomic E-state index is 0.303. The third-order valence-electron chi connectivity index (χ3n) is 4.80. The summed E-state index contributed by atoms with van der Waals surface area (Å²) in [6, 6.07) is 11.3. The summed E-state index contributed by atoms with van der Waals surface area (Å²) in [6.07, 6.45) is 0. The van der Waals surface area contributed by atoms with E-state index in [1.54, 1.807) is 0 Å². The van der Waals surface area contributed by atoms with Gasteiger partial charge < -0.3 is 20.3 Å². The highest BCUT2D eigenvalue weighted by molar-refractivity contribution is 5.79. The molecule has 6 nitrogen and oxygen atoms in total. The molecule has 0 amide bonds. The van der Waals surface area contributed by atoms with Gasteiger partial charge in [-0.25, -0.2) is 0 Å². The number of aliphatic imine (C=N–C) groups is 1. The molecule has 0 bridgehead atoms. The van der Waals surface area contributed by atoms with Crippen molar-refractivity contribution >= 4 is 5.96 Å². The molecule has 0 radical (unpaired) electrons. The van der Waals surface area contributed by atoms with Crippen LogP contribution in [0.5, 0.6) is 0 Å². The van der Waals surface area contributed by atoms with Gasteiger partial charge in [0, 0.05) is 32.2 Å². The fourth-order valence-electron chi connectivity index (χ4n) is 3.17. The van der Waals surface area contributed by atoms with E-state index in [1.165, 1.54) is 5.56 Å². The van der Waals surface area contributed by atoms with Crippen LogP contribution < -0.4 is 10.6 Å². The van der Waals surface area contributed by atoms with Gasteiger partial charge in [-0.1, -0.05) is 30.3 Å². The number of hydrogen-bond donors (Lipinski definition) is 2. The zero-order chi connectivity index (χ0) is 18.8. The lowest BCUT2D eigenvalue weighted by molar-refractivity contribution is 0.0220. The molecule has 0 saturated carbocycles. The van der Waals surface area contributed by atoms with Crippen molar-refractivity contribution in [2.24, 2.45) is 4.99 Å². The molecule has 1 fully saturated rings. The second kappa shape index (κ2) is 11.2. The molecule has 2 rings (SSSR count). The minimum Gasteiger partial charge on any atom is -0.379 e. The molecule has 146 valence electrons. The highest BCUT2D eigenvalue weighted by Gasteiger charge is 2.17. The smallest absolute Gasteiger partial charge is 0.191 e. The molecule has 0 aromatic heterocycles. The van der Waals surface area contributed by atoms with E-state index in [9.17, 15) is 0 Å². The molecule has 1 aliphatic rings. The van der Waals surface area contributed by atoms with Crippen LogP contribution in [0, 0.1) is 0 Å². The van der Waals surface area contributed by atoms with E-state index < -0.39 is 0 Å². The minimum atomic E-state index is 0.303. The summed E-state index contributed by atoms with van der Waals surface area (Å²) in [5, 5.41) is 6.88. The zero-order valence-corrected chi connectivity index (χ0v) is 16.7. The largest absolute Gasteiger partial charge is 0.379 e. The van der Waals surface area contributed by atoms with E-state index in [-0.39, 0.29) is 0 Å². The predicted octanol–water partition coefficient (Wildman–Crippen LogP) is 1.57. The lowest BCUT2D eigenvalue weighted by Gasteiger charge is -2.31. The van der Waals surface area contributed by atoms with Crippen LogP contribution in [-0.4, -0.2) is 81.8 Å². The summed E-state index contributed by atoms with van der Waals surface area (Å²) < 4.78 is 5.44. The van der Waals surface area contributed by atoms with E-state index in [1.807, 2.05) is 0 Å². The van der Waals surface area contributed by atoms with Crippen molar-refractivity contribution in [3.63, 3.8) is 0 Å². The molecule has 6 heteroatoms. The van der Waals surface area contributed by atoms with E-state index in [0.717, 1.165) is 51.9 Å². The molecule has 2 unspecified atom stereocenters. The molecule has 1 aromatic rings. The number of benzene rings is 1. The van der Waals surface area contributed by atoms with Crippen LogP contribution in [0.15, 0.2) is 35.3 Å². The Morgan fingerprint density at radius 1 is 1.19 bits per heavy atom. The number of likely N-dealkylation sites (N-methyl/N-ethyl adjacent to an activating group) is 1. The van der Waals surface area contributed by atoms with Crippen LogP contribution >= 0.6 is 0 Å². The van der Waals surface area contributed by atoms with Crippen LogP contribution in [0.3, 0.4) is 0 Å². The second-order valence-corrected chi connectivity index (χ2v) is 6.99. The predicted molar refractivity (Wildman–Crippen MR) is 109 cm³/mol. The molecule has 0 spiro atoms. The number of morpholine rings is 1. The second-order valence-electron chi connectivity index (χ2n) is 6.99. The van der Waals surface area contributed by atoms with Crippen LogP contribution in [0.25, 0.3) is 0 Å². The molecule has 1 heterocycles. The Labute approximate surface area is 158 Å². The van der Waals surface area contributed by atoms with Crippen LogP contribution in [0.4, 0.5) is 0 Å². The van der Waals surface area contributed by atoms with E-state index in [2.05, 4.69) is 78.7 Å². The molecule has 1 aromatic carbocycles. The Morgan fingerprint density at radius 3 is 2.50 bits per heavy atom. The first-order chi connectivity index (χ1) is 12.6. The van der Waals surface area contributed by atoms with Gasteiger partial charge >= 0.3 is 0 Å². The topological polar surface area (TPSA) is 52.1 Å². The Morgan fingerprint density at radius 2 is 1.88 bits per heavy atom. The molecule has 2 atom stereocenters. The van der Waals surface area contributed by atoms with Gasteiger partial charge in [0.2, 0.25) is 0 Å². The average Bonchev–Trinajstić information content (AvgIpc) is 2.67. The van der Waals surface area contributed by atoms with Gasteiger partial charge in [-0.15, -0.1) is 0 Å². The maximum atomic E-state index is 5.44. The maximum absolute atomic E-state index is 5.44. The molecule has 26 heavy (non-hydrogen) atoms. The van der Waals surface area contributed by atoms with Crippen LogP contribution in [0.1, 0.15) is 25.5 Å². The van der Waals surface area contributed by atoms with E-state index in [4.69, 9.17) is 9.73 Å². The number of rotatable bonds is 8. The zero-order valence-electron chi connectivity index (χ0n) is 16.7. The first kappa shape index (κ1) is 20.7. The molecule has 0 aliphatic carbocycles. The highest BCUT2D eigenvalue weighted by Crippen LogP contribution is 2.16. The summed E-state index contributed by atoms with van der Waals surface area (Å²) in [5.74, 6) is 0.885. The van der Waals surface area contributed by atoms with Gasteiger partial charge in [-0.2, -0.15) is 0 Å². The summed E-state index contributed by atoms with van der Waals surface area (Å²) in [6.45, 7) is 10.4. The summed E-state index contributed by atoms with van der Waals surface area (Å²) >= 11 is 0. The van der Waals surface area contributed by atoms with Crippen molar-refractivity contribution < 1.29 is 4.74 Å². The molecule has 1 aliphatic heterocycles. The molecule has 1 saturated heterocycles. The normalized spacial score (nSPS) is 18.6. The summed E-state index contributed by atoms with van der Waals surface area (Å²) in [5.41, 5.74) is 1.31. The Kier molecular flexibility index (Phi) is 8.88. The van der Waals surface area contributed by atoms with E-state index >= 15 is 0 Å². The highest BCUT2D eigenvalue weighted by atomic mass is 16.5. The molecule has 2 N–H and O–H groups in total. The lowest BCUT2D eigenvalue weighted by Crippen LogP contribution is -2.45. The van der Waals surface area contributed by atoms with Crippen LogP contribution in [-0.2, 0) is 4.74 Å².